The molecule has 28 heavy (non-hydrogen) atoms. The Kier molecular flexibility index (Phi) is 6.06. The maximum atomic E-state index is 12.1. The van der Waals surface area contributed by atoms with Gasteiger partial charge in [-0.25, -0.2) is 0 Å². The Morgan fingerprint density at radius 1 is 1.07 bits per heavy atom. The van der Waals surface area contributed by atoms with Crippen molar-refractivity contribution in [3.63, 3.8) is 0 Å². The van der Waals surface area contributed by atoms with E-state index in [1.54, 1.807) is 32.0 Å². The summed E-state index contributed by atoms with van der Waals surface area (Å²) in [4.78, 5) is 24.1. The molecule has 1 atom stereocenters. The number of carbonyl (C=O) groups is 2. The number of nitrogens with zero attached hydrogens (tertiary/aromatic N) is 1. The van der Waals surface area contributed by atoms with Gasteiger partial charge in [0.1, 0.15) is 17.6 Å². The van der Waals surface area contributed by atoms with Crippen molar-refractivity contribution in [1.82, 2.24) is 10.5 Å². The molecule has 3 aromatic rings. The first-order valence-electron chi connectivity index (χ1n) is 8.83. The Bertz CT molecular complexity index is 936. The lowest BCUT2D eigenvalue weighted by atomic mass is 10.1. The van der Waals surface area contributed by atoms with Gasteiger partial charge in [0.2, 0.25) is 5.91 Å². The van der Waals surface area contributed by atoms with Crippen LogP contribution in [0.15, 0.2) is 65.2 Å². The molecule has 144 valence electrons. The number of anilines is 1. The Balaban J connectivity index is 1.46. The van der Waals surface area contributed by atoms with Crippen molar-refractivity contribution >= 4 is 17.6 Å². The zero-order valence-corrected chi connectivity index (χ0v) is 15.6. The van der Waals surface area contributed by atoms with Crippen molar-refractivity contribution < 1.29 is 18.8 Å². The van der Waals surface area contributed by atoms with Crippen molar-refractivity contribution in [3.8, 4) is 16.9 Å². The predicted octanol–water partition coefficient (Wildman–Crippen LogP) is 3.17. The summed E-state index contributed by atoms with van der Waals surface area (Å²) in [6.07, 6.45) is 0. The number of amides is 2. The number of nitrogens with one attached hydrogen (secondary N) is 2. The summed E-state index contributed by atoms with van der Waals surface area (Å²) in [6, 6.07) is 18.3. The highest BCUT2D eigenvalue weighted by atomic mass is 16.5. The van der Waals surface area contributed by atoms with Gasteiger partial charge in [-0.15, -0.1) is 0 Å². The lowest BCUT2D eigenvalue weighted by molar-refractivity contribution is -0.127. The first-order valence-corrected chi connectivity index (χ1v) is 8.83. The number of aryl methyl sites for hydroxylation is 1. The Morgan fingerprint density at radius 2 is 1.75 bits per heavy atom. The van der Waals surface area contributed by atoms with Crippen LogP contribution in [0.3, 0.4) is 0 Å². The zero-order chi connectivity index (χ0) is 19.9. The van der Waals surface area contributed by atoms with Crippen molar-refractivity contribution in [2.75, 3.05) is 11.9 Å². The Labute approximate surface area is 162 Å². The fraction of sp³-hybridized carbons (Fsp3) is 0.190. The summed E-state index contributed by atoms with van der Waals surface area (Å²) in [5.74, 6) is 0.669. The van der Waals surface area contributed by atoms with Crippen LogP contribution in [0.25, 0.3) is 11.1 Å². The molecule has 0 aliphatic carbocycles. The molecule has 0 saturated heterocycles. The van der Waals surface area contributed by atoms with Crippen LogP contribution in [0.2, 0.25) is 0 Å². The molecule has 7 nitrogen and oxygen atoms in total. The van der Waals surface area contributed by atoms with E-state index in [1.165, 1.54) is 0 Å². The second-order valence-electron chi connectivity index (χ2n) is 6.28. The van der Waals surface area contributed by atoms with Gasteiger partial charge in [-0.3, -0.25) is 9.59 Å². The molecular formula is C21H21N3O4. The van der Waals surface area contributed by atoms with Crippen LogP contribution in [0, 0.1) is 6.92 Å². The SMILES string of the molecule is Cc1cc(NC(=O)[C@@H](C)NC(=O)COc2ccc(-c3ccccc3)cc2)no1. The quantitative estimate of drug-likeness (QED) is 0.658. The average molecular weight is 379 g/mol. The molecule has 0 aliphatic rings. The van der Waals surface area contributed by atoms with E-state index in [0.29, 0.717) is 17.3 Å². The van der Waals surface area contributed by atoms with E-state index in [4.69, 9.17) is 9.26 Å². The molecule has 0 bridgehead atoms. The molecule has 3 rings (SSSR count). The summed E-state index contributed by atoms with van der Waals surface area (Å²) in [5, 5.41) is 8.82. The Morgan fingerprint density at radius 3 is 2.39 bits per heavy atom. The molecule has 1 heterocycles. The molecule has 0 saturated carbocycles. The van der Waals surface area contributed by atoms with Gasteiger partial charge in [0.25, 0.3) is 5.91 Å². The monoisotopic (exact) mass is 379 g/mol. The van der Waals surface area contributed by atoms with Gasteiger partial charge < -0.3 is 19.9 Å². The van der Waals surface area contributed by atoms with Crippen LogP contribution >= 0.6 is 0 Å². The van der Waals surface area contributed by atoms with Crippen LogP contribution in [-0.2, 0) is 9.59 Å². The summed E-state index contributed by atoms with van der Waals surface area (Å²) in [7, 11) is 0. The minimum atomic E-state index is -0.742. The first-order chi connectivity index (χ1) is 13.5. The van der Waals surface area contributed by atoms with E-state index in [1.807, 2.05) is 42.5 Å². The molecule has 0 unspecified atom stereocenters. The van der Waals surface area contributed by atoms with Gasteiger partial charge in [0, 0.05) is 6.07 Å². The highest BCUT2D eigenvalue weighted by Crippen LogP contribution is 2.21. The zero-order valence-electron chi connectivity index (χ0n) is 15.6. The number of aromatic nitrogens is 1. The van der Waals surface area contributed by atoms with Crippen LogP contribution in [0.5, 0.6) is 5.75 Å². The maximum Gasteiger partial charge on any atom is 0.258 e. The molecule has 2 N–H and O–H groups in total. The van der Waals surface area contributed by atoms with E-state index < -0.39 is 17.9 Å². The second kappa shape index (κ2) is 8.85. The number of benzene rings is 2. The van der Waals surface area contributed by atoms with Gasteiger partial charge in [0.15, 0.2) is 12.4 Å². The van der Waals surface area contributed by atoms with Gasteiger partial charge in [-0.05, 0) is 37.1 Å². The van der Waals surface area contributed by atoms with Crippen LogP contribution < -0.4 is 15.4 Å². The van der Waals surface area contributed by atoms with Gasteiger partial charge in [-0.1, -0.05) is 47.6 Å². The largest absolute Gasteiger partial charge is 0.484 e. The molecule has 0 fully saturated rings. The van der Waals surface area contributed by atoms with Crippen molar-refractivity contribution in [2.24, 2.45) is 0 Å². The lowest BCUT2D eigenvalue weighted by Gasteiger charge is -2.13. The third-order valence-electron chi connectivity index (χ3n) is 3.98. The molecule has 2 amide bonds. The molecule has 2 aromatic carbocycles. The summed E-state index contributed by atoms with van der Waals surface area (Å²) in [5.41, 5.74) is 2.17. The van der Waals surface area contributed by atoms with E-state index in [2.05, 4.69) is 15.8 Å². The molecule has 0 radical (unpaired) electrons. The molecule has 1 aromatic heterocycles. The summed E-state index contributed by atoms with van der Waals surface area (Å²) < 4.78 is 10.4. The normalized spacial score (nSPS) is 11.5. The number of hydrogen-bond acceptors (Lipinski definition) is 5. The highest BCUT2D eigenvalue weighted by Gasteiger charge is 2.17. The van der Waals surface area contributed by atoms with Gasteiger partial charge in [0.05, 0.1) is 0 Å². The lowest BCUT2D eigenvalue weighted by Crippen LogP contribution is -2.43. The minimum absolute atomic E-state index is 0.189. The fourth-order valence-electron chi connectivity index (χ4n) is 2.53. The molecule has 0 spiro atoms. The molecular weight excluding hydrogens is 358 g/mol. The Hall–Kier alpha value is -3.61. The highest BCUT2D eigenvalue weighted by molar-refractivity contribution is 5.96. The number of hydrogen-bond donors (Lipinski definition) is 2. The van der Waals surface area contributed by atoms with Crippen molar-refractivity contribution in [2.45, 2.75) is 19.9 Å². The molecule has 0 aliphatic heterocycles. The van der Waals surface area contributed by atoms with Gasteiger partial charge >= 0.3 is 0 Å². The third kappa shape index (κ3) is 5.20. The van der Waals surface area contributed by atoms with Crippen molar-refractivity contribution in [1.29, 1.82) is 0 Å². The third-order valence-corrected chi connectivity index (χ3v) is 3.98. The summed E-state index contributed by atoms with van der Waals surface area (Å²) in [6.45, 7) is 3.11. The van der Waals surface area contributed by atoms with E-state index in [0.717, 1.165) is 11.1 Å². The number of rotatable bonds is 7. The van der Waals surface area contributed by atoms with E-state index in [9.17, 15) is 9.59 Å². The minimum Gasteiger partial charge on any atom is -0.484 e. The second-order valence-corrected chi connectivity index (χ2v) is 6.28. The topological polar surface area (TPSA) is 93.5 Å². The number of carbonyl (C=O) groups excluding carboxylic acids is 2. The van der Waals surface area contributed by atoms with Crippen LogP contribution in [0.4, 0.5) is 5.82 Å². The maximum absolute atomic E-state index is 12.1. The average Bonchev–Trinajstić information content (AvgIpc) is 3.12. The summed E-state index contributed by atoms with van der Waals surface area (Å²) >= 11 is 0. The van der Waals surface area contributed by atoms with Crippen LogP contribution in [0.1, 0.15) is 12.7 Å². The standard InChI is InChI=1S/C21H21N3O4/c1-14-12-19(24-28-14)23-21(26)15(2)22-20(25)13-27-18-10-8-17(9-11-18)16-6-4-3-5-7-16/h3-12,15H,13H2,1-2H3,(H,22,25)(H,23,24,26)/t15-/m1/s1. The van der Waals surface area contributed by atoms with Crippen LogP contribution in [-0.4, -0.2) is 29.6 Å². The smallest absolute Gasteiger partial charge is 0.258 e. The van der Waals surface area contributed by atoms with Gasteiger partial charge in [-0.2, -0.15) is 0 Å². The predicted molar refractivity (Wildman–Crippen MR) is 105 cm³/mol. The first kappa shape index (κ1) is 19.2. The van der Waals surface area contributed by atoms with E-state index in [-0.39, 0.29) is 6.61 Å². The molecule has 7 heteroatoms. The number of ether oxygens (including phenoxy) is 1. The van der Waals surface area contributed by atoms with E-state index >= 15 is 0 Å². The van der Waals surface area contributed by atoms with Crippen molar-refractivity contribution in [3.05, 3.63) is 66.4 Å². The fourth-order valence-corrected chi connectivity index (χ4v) is 2.53.